The second-order valence-corrected chi connectivity index (χ2v) is 5.30. The van der Waals surface area contributed by atoms with Crippen LogP contribution < -0.4 is 4.90 Å². The van der Waals surface area contributed by atoms with Gasteiger partial charge in [-0.05, 0) is 43.3 Å². The van der Waals surface area contributed by atoms with Crippen LogP contribution in [0.4, 0.5) is 10.1 Å². The number of halogens is 1. The average Bonchev–Trinajstić information content (AvgIpc) is 3.06. The van der Waals surface area contributed by atoms with Crippen molar-refractivity contribution in [2.45, 2.75) is 13.3 Å². The van der Waals surface area contributed by atoms with Gasteiger partial charge in [0.05, 0.1) is 12.1 Å². The molecule has 0 aliphatic carbocycles. The van der Waals surface area contributed by atoms with Gasteiger partial charge in [0.1, 0.15) is 12.1 Å². The maximum Gasteiger partial charge on any atom is 0.233 e. The molecule has 0 unspecified atom stereocenters. The Labute approximate surface area is 139 Å². The van der Waals surface area contributed by atoms with Crippen molar-refractivity contribution in [3.8, 4) is 11.5 Å². The fourth-order valence-electron chi connectivity index (χ4n) is 2.48. The van der Waals surface area contributed by atoms with Crippen LogP contribution in [0, 0.1) is 5.82 Å². The summed E-state index contributed by atoms with van der Waals surface area (Å²) in [5, 5.41) is 0. The van der Waals surface area contributed by atoms with Crippen LogP contribution in [0.2, 0.25) is 0 Å². The zero-order chi connectivity index (χ0) is 16.9. The van der Waals surface area contributed by atoms with Gasteiger partial charge in [-0.1, -0.05) is 18.2 Å². The summed E-state index contributed by atoms with van der Waals surface area (Å²) in [6, 6.07) is 15.4. The highest BCUT2D eigenvalue weighted by molar-refractivity contribution is 5.94. The predicted molar refractivity (Wildman–Crippen MR) is 90.1 cm³/mol. The molecular formula is C19H17FN2O2. The summed E-state index contributed by atoms with van der Waals surface area (Å²) in [5.74, 6) is 0.0477. The van der Waals surface area contributed by atoms with Gasteiger partial charge < -0.3 is 9.32 Å². The monoisotopic (exact) mass is 324 g/mol. The SMILES string of the molecule is CCN(C(=O)Cc1coc(-c2ccccc2)n1)c1ccc(F)cc1. The molecule has 0 radical (unpaired) electrons. The number of aromatic nitrogens is 1. The molecule has 0 saturated carbocycles. The van der Waals surface area contributed by atoms with E-state index in [0.717, 1.165) is 5.56 Å². The number of amides is 1. The lowest BCUT2D eigenvalue weighted by Gasteiger charge is -2.20. The van der Waals surface area contributed by atoms with E-state index in [0.29, 0.717) is 23.8 Å². The maximum atomic E-state index is 13.0. The summed E-state index contributed by atoms with van der Waals surface area (Å²) in [4.78, 5) is 18.5. The van der Waals surface area contributed by atoms with Gasteiger partial charge in [-0.3, -0.25) is 4.79 Å². The molecule has 0 spiro atoms. The molecule has 0 N–H and O–H groups in total. The topological polar surface area (TPSA) is 46.3 Å². The Morgan fingerprint density at radius 3 is 2.50 bits per heavy atom. The lowest BCUT2D eigenvalue weighted by Crippen LogP contribution is -2.32. The number of hydrogen-bond donors (Lipinski definition) is 0. The van der Waals surface area contributed by atoms with E-state index in [1.165, 1.54) is 18.4 Å². The lowest BCUT2D eigenvalue weighted by atomic mass is 10.2. The average molecular weight is 324 g/mol. The molecule has 0 saturated heterocycles. The van der Waals surface area contributed by atoms with Gasteiger partial charge in [-0.2, -0.15) is 0 Å². The van der Waals surface area contributed by atoms with Gasteiger partial charge in [0.15, 0.2) is 0 Å². The number of rotatable bonds is 5. The summed E-state index contributed by atoms with van der Waals surface area (Å²) < 4.78 is 18.5. The minimum absolute atomic E-state index is 0.114. The largest absolute Gasteiger partial charge is 0.444 e. The first-order valence-electron chi connectivity index (χ1n) is 7.73. The summed E-state index contributed by atoms with van der Waals surface area (Å²) in [7, 11) is 0. The molecule has 24 heavy (non-hydrogen) atoms. The molecule has 0 fully saturated rings. The molecule has 3 aromatic rings. The number of anilines is 1. The zero-order valence-electron chi connectivity index (χ0n) is 13.3. The van der Waals surface area contributed by atoms with E-state index in [4.69, 9.17) is 4.42 Å². The smallest absolute Gasteiger partial charge is 0.233 e. The summed E-state index contributed by atoms with van der Waals surface area (Å²) in [6.07, 6.45) is 1.63. The van der Waals surface area contributed by atoms with E-state index < -0.39 is 0 Å². The molecular weight excluding hydrogens is 307 g/mol. The van der Waals surface area contributed by atoms with Gasteiger partial charge in [-0.15, -0.1) is 0 Å². The van der Waals surface area contributed by atoms with Crippen LogP contribution in [0.5, 0.6) is 0 Å². The second kappa shape index (κ2) is 7.08. The molecule has 0 bridgehead atoms. The standard InChI is InChI=1S/C19H17FN2O2/c1-2-22(17-10-8-15(20)9-11-17)18(23)12-16-13-24-19(21-16)14-6-4-3-5-7-14/h3-11,13H,2,12H2,1H3. The molecule has 3 rings (SSSR count). The van der Waals surface area contributed by atoms with Crippen LogP contribution in [-0.2, 0) is 11.2 Å². The third kappa shape index (κ3) is 3.51. The molecule has 2 aromatic carbocycles. The third-order valence-electron chi connectivity index (χ3n) is 3.66. The number of hydrogen-bond acceptors (Lipinski definition) is 3. The lowest BCUT2D eigenvalue weighted by molar-refractivity contribution is -0.118. The molecule has 1 aromatic heterocycles. The van der Waals surface area contributed by atoms with Gasteiger partial charge in [-0.25, -0.2) is 9.37 Å². The number of carbonyl (C=O) groups excluding carboxylic acids is 1. The minimum atomic E-state index is -0.328. The first-order valence-corrected chi connectivity index (χ1v) is 7.73. The number of carbonyl (C=O) groups is 1. The highest BCUT2D eigenvalue weighted by atomic mass is 19.1. The van der Waals surface area contributed by atoms with E-state index in [1.54, 1.807) is 17.0 Å². The Kier molecular flexibility index (Phi) is 4.70. The fourth-order valence-corrected chi connectivity index (χ4v) is 2.48. The Morgan fingerprint density at radius 2 is 1.83 bits per heavy atom. The Balaban J connectivity index is 1.74. The first kappa shape index (κ1) is 15.9. The van der Waals surface area contributed by atoms with Crippen molar-refractivity contribution in [2.75, 3.05) is 11.4 Å². The number of likely N-dealkylation sites (N-methyl/N-ethyl adjacent to an activating group) is 1. The third-order valence-corrected chi connectivity index (χ3v) is 3.66. The van der Waals surface area contributed by atoms with E-state index in [2.05, 4.69) is 4.98 Å². The van der Waals surface area contributed by atoms with Crippen LogP contribution in [0.3, 0.4) is 0 Å². The molecule has 0 atom stereocenters. The van der Waals surface area contributed by atoms with Crippen molar-refractivity contribution in [3.63, 3.8) is 0 Å². The molecule has 0 aliphatic heterocycles. The predicted octanol–water partition coefficient (Wildman–Crippen LogP) is 4.08. The number of benzene rings is 2. The quantitative estimate of drug-likeness (QED) is 0.710. The Bertz CT molecular complexity index is 813. The summed E-state index contributed by atoms with van der Waals surface area (Å²) >= 11 is 0. The van der Waals surface area contributed by atoms with E-state index >= 15 is 0 Å². The van der Waals surface area contributed by atoms with Crippen molar-refractivity contribution in [1.82, 2.24) is 4.98 Å². The number of nitrogens with zero attached hydrogens (tertiary/aromatic N) is 2. The second-order valence-electron chi connectivity index (χ2n) is 5.30. The molecule has 4 nitrogen and oxygen atoms in total. The van der Waals surface area contributed by atoms with Gasteiger partial charge >= 0.3 is 0 Å². The van der Waals surface area contributed by atoms with Gasteiger partial charge in [0.2, 0.25) is 11.8 Å². The summed E-state index contributed by atoms with van der Waals surface area (Å²) in [6.45, 7) is 2.37. The van der Waals surface area contributed by atoms with E-state index in [-0.39, 0.29) is 18.1 Å². The highest BCUT2D eigenvalue weighted by Crippen LogP contribution is 2.20. The van der Waals surface area contributed by atoms with E-state index in [1.807, 2.05) is 37.3 Å². The van der Waals surface area contributed by atoms with Crippen molar-refractivity contribution in [1.29, 1.82) is 0 Å². The van der Waals surface area contributed by atoms with Crippen LogP contribution in [0.15, 0.2) is 65.3 Å². The van der Waals surface area contributed by atoms with Crippen molar-refractivity contribution < 1.29 is 13.6 Å². The van der Waals surface area contributed by atoms with Crippen molar-refractivity contribution >= 4 is 11.6 Å². The molecule has 1 heterocycles. The summed E-state index contributed by atoms with van der Waals surface area (Å²) in [5.41, 5.74) is 2.09. The van der Waals surface area contributed by atoms with Crippen LogP contribution in [0.1, 0.15) is 12.6 Å². The van der Waals surface area contributed by atoms with Crippen LogP contribution in [0.25, 0.3) is 11.5 Å². The normalized spacial score (nSPS) is 10.6. The highest BCUT2D eigenvalue weighted by Gasteiger charge is 2.17. The van der Waals surface area contributed by atoms with E-state index in [9.17, 15) is 9.18 Å². The minimum Gasteiger partial charge on any atom is -0.444 e. The number of oxazole rings is 1. The van der Waals surface area contributed by atoms with Crippen molar-refractivity contribution in [3.05, 3.63) is 72.4 Å². The Morgan fingerprint density at radius 1 is 1.12 bits per heavy atom. The van der Waals surface area contributed by atoms with Crippen LogP contribution in [-0.4, -0.2) is 17.4 Å². The Hall–Kier alpha value is -2.95. The fraction of sp³-hybridized carbons (Fsp3) is 0.158. The van der Waals surface area contributed by atoms with Crippen LogP contribution >= 0.6 is 0 Å². The van der Waals surface area contributed by atoms with Gasteiger partial charge in [0, 0.05) is 17.8 Å². The van der Waals surface area contributed by atoms with Crippen molar-refractivity contribution in [2.24, 2.45) is 0 Å². The molecule has 1 amide bonds. The zero-order valence-corrected chi connectivity index (χ0v) is 13.3. The molecule has 0 aliphatic rings. The molecule has 5 heteroatoms. The molecule has 122 valence electrons. The van der Waals surface area contributed by atoms with Gasteiger partial charge in [0.25, 0.3) is 0 Å². The maximum absolute atomic E-state index is 13.0. The first-order chi connectivity index (χ1) is 11.7.